The fraction of sp³-hybridized carbons (Fsp3) is 0.636. The van der Waals surface area contributed by atoms with Gasteiger partial charge in [0.05, 0.1) is 10.5 Å². The molecule has 0 saturated heterocycles. The van der Waals surface area contributed by atoms with Gasteiger partial charge in [0, 0.05) is 26.7 Å². The molecule has 8 nitrogen and oxygen atoms in total. The van der Waals surface area contributed by atoms with Gasteiger partial charge in [-0.3, -0.25) is 14.9 Å². The quantitative estimate of drug-likeness (QED) is 0.417. The summed E-state index contributed by atoms with van der Waals surface area (Å²) in [6.45, 7) is 0.268. The van der Waals surface area contributed by atoms with Gasteiger partial charge in [0.25, 0.3) is 11.6 Å². The largest absolute Gasteiger partial charge is 0.452 e. The third-order valence-electron chi connectivity index (χ3n) is 7.05. The van der Waals surface area contributed by atoms with Crippen LogP contribution in [0, 0.1) is 33.3 Å². The van der Waals surface area contributed by atoms with Crippen molar-refractivity contribution in [3.05, 3.63) is 33.9 Å². The topological polar surface area (TPSA) is 102 Å². The highest BCUT2D eigenvalue weighted by Gasteiger charge is 2.50. The molecule has 30 heavy (non-hydrogen) atoms. The van der Waals surface area contributed by atoms with Crippen molar-refractivity contribution in [2.24, 2.45) is 23.2 Å². The zero-order chi connectivity index (χ0) is 21.5. The standard InChI is InChI=1S/C22H29N3O5/c1-24(2)18-4-3-17(8-19(18)25(28)29)21(27)30-12-20(26)23-13-22-9-14-5-15(10-22)7-16(6-14)11-22/h3-4,8,14-16H,5-7,9-13H2,1-2H3,(H,23,26). The van der Waals surface area contributed by atoms with Gasteiger partial charge in [0.2, 0.25) is 0 Å². The van der Waals surface area contributed by atoms with Crippen molar-refractivity contribution in [1.82, 2.24) is 5.32 Å². The van der Waals surface area contributed by atoms with Crippen molar-refractivity contribution in [1.29, 1.82) is 0 Å². The monoisotopic (exact) mass is 415 g/mol. The Balaban J connectivity index is 1.30. The molecule has 0 radical (unpaired) electrons. The van der Waals surface area contributed by atoms with Gasteiger partial charge in [-0.1, -0.05) is 0 Å². The molecule has 4 fully saturated rings. The maximum absolute atomic E-state index is 12.3. The van der Waals surface area contributed by atoms with E-state index in [1.807, 2.05) is 0 Å². The number of carbonyl (C=O) groups excluding carboxylic acids is 2. The van der Waals surface area contributed by atoms with Crippen LogP contribution in [0.2, 0.25) is 0 Å². The lowest BCUT2D eigenvalue weighted by atomic mass is 9.49. The minimum atomic E-state index is -0.742. The number of nitrogens with zero attached hydrogens (tertiary/aromatic N) is 2. The number of ether oxygens (including phenoxy) is 1. The SMILES string of the molecule is CN(C)c1ccc(C(=O)OCC(=O)NCC23CC4CC(CC(C4)C2)C3)cc1[N+](=O)[O-]. The predicted molar refractivity (Wildman–Crippen MR) is 111 cm³/mol. The molecular weight excluding hydrogens is 386 g/mol. The minimum Gasteiger partial charge on any atom is -0.452 e. The maximum atomic E-state index is 12.3. The van der Waals surface area contributed by atoms with Gasteiger partial charge in [0.15, 0.2) is 6.61 Å². The van der Waals surface area contributed by atoms with Crippen LogP contribution >= 0.6 is 0 Å². The number of hydrogen-bond donors (Lipinski definition) is 1. The van der Waals surface area contributed by atoms with E-state index >= 15 is 0 Å². The molecule has 5 rings (SSSR count). The van der Waals surface area contributed by atoms with E-state index in [0.29, 0.717) is 12.2 Å². The van der Waals surface area contributed by atoms with Gasteiger partial charge < -0.3 is 15.0 Å². The average molecular weight is 415 g/mol. The second-order valence-electron chi connectivity index (χ2n) is 9.63. The lowest BCUT2D eigenvalue weighted by Gasteiger charge is -2.56. The van der Waals surface area contributed by atoms with Crippen LogP contribution in [-0.4, -0.2) is 44.0 Å². The van der Waals surface area contributed by atoms with E-state index in [1.165, 1.54) is 56.7 Å². The molecular formula is C22H29N3O5. The second-order valence-corrected chi connectivity index (χ2v) is 9.63. The summed E-state index contributed by atoms with van der Waals surface area (Å²) in [6.07, 6.45) is 7.64. The van der Waals surface area contributed by atoms with Crippen LogP contribution < -0.4 is 10.2 Å². The van der Waals surface area contributed by atoms with Crippen LogP contribution in [0.5, 0.6) is 0 Å². The molecule has 1 N–H and O–H groups in total. The number of esters is 1. The summed E-state index contributed by atoms with van der Waals surface area (Å²) in [6, 6.07) is 4.16. The summed E-state index contributed by atoms with van der Waals surface area (Å²) >= 11 is 0. The predicted octanol–water partition coefficient (Wildman–Crippen LogP) is 3.15. The fourth-order valence-electron chi connectivity index (χ4n) is 6.23. The Kier molecular flexibility index (Phi) is 5.42. The first kappa shape index (κ1) is 20.6. The third kappa shape index (κ3) is 4.13. The van der Waals surface area contributed by atoms with Gasteiger partial charge in [0.1, 0.15) is 5.69 Å². The van der Waals surface area contributed by atoms with Crippen molar-refractivity contribution in [2.75, 3.05) is 32.1 Å². The van der Waals surface area contributed by atoms with Crippen LogP contribution in [0.1, 0.15) is 48.9 Å². The van der Waals surface area contributed by atoms with Gasteiger partial charge in [-0.2, -0.15) is 0 Å². The van der Waals surface area contributed by atoms with Crippen LogP contribution in [0.4, 0.5) is 11.4 Å². The summed E-state index contributed by atoms with van der Waals surface area (Å²) < 4.78 is 5.11. The average Bonchev–Trinajstić information content (AvgIpc) is 2.69. The summed E-state index contributed by atoms with van der Waals surface area (Å²) in [5, 5.41) is 14.2. The highest BCUT2D eigenvalue weighted by atomic mass is 16.6. The molecule has 1 amide bonds. The third-order valence-corrected chi connectivity index (χ3v) is 7.05. The lowest BCUT2D eigenvalue weighted by molar-refractivity contribution is -0.384. The second kappa shape index (κ2) is 7.89. The van der Waals surface area contributed by atoms with E-state index in [-0.39, 0.29) is 29.2 Å². The van der Waals surface area contributed by atoms with E-state index in [2.05, 4.69) is 5.32 Å². The number of benzene rings is 1. The number of rotatable bonds is 7. The molecule has 4 saturated carbocycles. The normalized spacial score (nSPS) is 28.8. The number of nitrogens with one attached hydrogen (secondary N) is 1. The molecule has 0 unspecified atom stereocenters. The van der Waals surface area contributed by atoms with Gasteiger partial charge in [-0.05, 0) is 73.8 Å². The molecule has 0 atom stereocenters. The highest BCUT2D eigenvalue weighted by Crippen LogP contribution is 2.59. The molecule has 4 aliphatic rings. The Morgan fingerprint density at radius 1 is 1.17 bits per heavy atom. The summed E-state index contributed by atoms with van der Waals surface area (Å²) in [5.41, 5.74) is 0.489. The Hall–Kier alpha value is -2.64. The molecule has 8 heteroatoms. The first-order chi connectivity index (χ1) is 14.2. The zero-order valence-electron chi connectivity index (χ0n) is 17.6. The van der Waals surface area contributed by atoms with E-state index in [1.54, 1.807) is 19.0 Å². The van der Waals surface area contributed by atoms with E-state index in [0.717, 1.165) is 17.8 Å². The molecule has 0 heterocycles. The molecule has 0 spiro atoms. The Morgan fingerprint density at radius 3 is 2.30 bits per heavy atom. The van der Waals surface area contributed by atoms with Gasteiger partial charge in [-0.25, -0.2) is 4.79 Å². The number of nitro benzene ring substituents is 1. The van der Waals surface area contributed by atoms with Crippen molar-refractivity contribution < 1.29 is 19.2 Å². The minimum absolute atomic E-state index is 0.0567. The molecule has 1 aromatic rings. The Bertz CT molecular complexity index is 831. The first-order valence-corrected chi connectivity index (χ1v) is 10.6. The van der Waals surface area contributed by atoms with Crippen molar-refractivity contribution >= 4 is 23.3 Å². The van der Waals surface area contributed by atoms with Crippen molar-refractivity contribution in [3.63, 3.8) is 0 Å². The van der Waals surface area contributed by atoms with E-state index < -0.39 is 10.9 Å². The van der Waals surface area contributed by atoms with Crippen LogP contribution in [-0.2, 0) is 9.53 Å². The lowest BCUT2D eigenvalue weighted by Crippen LogP contribution is -2.51. The van der Waals surface area contributed by atoms with Gasteiger partial charge >= 0.3 is 5.97 Å². The number of nitro groups is 1. The zero-order valence-corrected chi connectivity index (χ0v) is 17.6. The molecule has 4 bridgehead atoms. The van der Waals surface area contributed by atoms with Gasteiger partial charge in [-0.15, -0.1) is 0 Å². The molecule has 0 aromatic heterocycles. The van der Waals surface area contributed by atoms with Crippen molar-refractivity contribution in [3.8, 4) is 0 Å². The number of amides is 1. The molecule has 4 aliphatic carbocycles. The smallest absolute Gasteiger partial charge is 0.338 e. The molecule has 1 aromatic carbocycles. The summed E-state index contributed by atoms with van der Waals surface area (Å²) in [5.74, 6) is 1.37. The van der Waals surface area contributed by atoms with E-state index in [4.69, 9.17) is 4.74 Å². The number of hydrogen-bond acceptors (Lipinski definition) is 6. The van der Waals surface area contributed by atoms with Crippen LogP contribution in [0.3, 0.4) is 0 Å². The summed E-state index contributed by atoms with van der Waals surface area (Å²) in [4.78, 5) is 36.9. The Morgan fingerprint density at radius 2 is 1.77 bits per heavy atom. The molecule has 162 valence electrons. The number of carbonyl (C=O) groups is 2. The summed E-state index contributed by atoms with van der Waals surface area (Å²) in [7, 11) is 3.38. The highest BCUT2D eigenvalue weighted by molar-refractivity contribution is 5.93. The van der Waals surface area contributed by atoms with Crippen molar-refractivity contribution in [2.45, 2.75) is 38.5 Å². The Labute approximate surface area is 176 Å². The maximum Gasteiger partial charge on any atom is 0.338 e. The first-order valence-electron chi connectivity index (χ1n) is 10.6. The fourth-order valence-corrected chi connectivity index (χ4v) is 6.23. The van der Waals surface area contributed by atoms with Crippen LogP contribution in [0.15, 0.2) is 18.2 Å². The molecule has 0 aliphatic heterocycles. The van der Waals surface area contributed by atoms with E-state index in [9.17, 15) is 19.7 Å². The number of anilines is 1. The van der Waals surface area contributed by atoms with Crippen LogP contribution in [0.25, 0.3) is 0 Å².